The van der Waals surface area contributed by atoms with Crippen LogP contribution in [0.15, 0.2) is 83.8 Å². The summed E-state index contributed by atoms with van der Waals surface area (Å²) in [6.45, 7) is 6.10. The molecule has 0 heterocycles. The van der Waals surface area contributed by atoms with Crippen molar-refractivity contribution in [3.05, 3.63) is 78.9 Å². The number of ether oxygens (including phenoxy) is 1. The Morgan fingerprint density at radius 3 is 1.88 bits per heavy atom. The second kappa shape index (κ2) is 10.9. The van der Waals surface area contributed by atoms with Crippen LogP contribution in [0.2, 0.25) is 0 Å². The van der Waals surface area contributed by atoms with Crippen molar-refractivity contribution in [2.24, 2.45) is 5.41 Å². The number of carbonyl (C=O) groups is 2. The second-order valence-electron chi connectivity index (χ2n) is 8.59. The van der Waals surface area contributed by atoms with Gasteiger partial charge in [0.1, 0.15) is 11.5 Å². The molecule has 0 atom stereocenters. The average molecular weight is 449 g/mol. The average Bonchev–Trinajstić information content (AvgIpc) is 2.74. The predicted molar refractivity (Wildman–Crippen MR) is 131 cm³/mol. The van der Waals surface area contributed by atoms with E-state index in [1.165, 1.54) is 11.8 Å². The van der Waals surface area contributed by atoms with Crippen molar-refractivity contribution in [1.29, 1.82) is 0 Å². The van der Waals surface area contributed by atoms with Crippen LogP contribution in [0.3, 0.4) is 0 Å². The third-order valence-corrected chi connectivity index (χ3v) is 5.33. The summed E-state index contributed by atoms with van der Waals surface area (Å²) in [4.78, 5) is 25.3. The van der Waals surface area contributed by atoms with Crippen LogP contribution < -0.4 is 15.4 Å². The SMILES string of the molecule is CC(C)(C)CC(=O)Nc1ccc(SCC(=O)Nc2ccc(Oc3ccccc3)cc2)cc1. The molecule has 5 nitrogen and oxygen atoms in total. The van der Waals surface area contributed by atoms with Gasteiger partial charge in [-0.15, -0.1) is 11.8 Å². The van der Waals surface area contributed by atoms with Crippen LogP contribution in [0.1, 0.15) is 27.2 Å². The third-order valence-electron chi connectivity index (χ3n) is 4.32. The van der Waals surface area contributed by atoms with Crippen LogP contribution in [0.4, 0.5) is 11.4 Å². The summed E-state index contributed by atoms with van der Waals surface area (Å²) in [6.07, 6.45) is 0.461. The molecule has 0 unspecified atom stereocenters. The normalized spacial score (nSPS) is 11.0. The van der Waals surface area contributed by atoms with Gasteiger partial charge in [-0.1, -0.05) is 39.0 Å². The molecule has 0 fully saturated rings. The fourth-order valence-corrected chi connectivity index (χ4v) is 3.60. The van der Waals surface area contributed by atoms with Crippen molar-refractivity contribution >= 4 is 35.0 Å². The number of thioether (sulfide) groups is 1. The molecule has 0 aromatic heterocycles. The summed E-state index contributed by atoms with van der Waals surface area (Å²) in [5.74, 6) is 1.67. The summed E-state index contributed by atoms with van der Waals surface area (Å²) in [5.41, 5.74) is 1.42. The van der Waals surface area contributed by atoms with E-state index in [0.717, 1.165) is 16.3 Å². The molecule has 3 aromatic rings. The molecule has 6 heteroatoms. The highest BCUT2D eigenvalue weighted by molar-refractivity contribution is 8.00. The van der Waals surface area contributed by atoms with Crippen molar-refractivity contribution in [3.8, 4) is 11.5 Å². The molecule has 3 aromatic carbocycles. The first-order chi connectivity index (χ1) is 15.3. The van der Waals surface area contributed by atoms with Crippen molar-refractivity contribution in [1.82, 2.24) is 0 Å². The molecule has 0 aliphatic rings. The molecular formula is C26H28N2O3S. The van der Waals surface area contributed by atoms with E-state index in [1.54, 1.807) is 0 Å². The molecule has 0 aliphatic carbocycles. The number of rotatable bonds is 8. The Balaban J connectivity index is 1.44. The number of anilines is 2. The lowest BCUT2D eigenvalue weighted by Gasteiger charge is -2.17. The Morgan fingerprint density at radius 1 is 0.750 bits per heavy atom. The molecule has 2 N–H and O–H groups in total. The van der Waals surface area contributed by atoms with Gasteiger partial charge < -0.3 is 15.4 Å². The first kappa shape index (κ1) is 23.4. The van der Waals surface area contributed by atoms with E-state index in [2.05, 4.69) is 10.6 Å². The molecule has 166 valence electrons. The van der Waals surface area contributed by atoms with Gasteiger partial charge in [0, 0.05) is 22.7 Å². The lowest BCUT2D eigenvalue weighted by molar-refractivity contribution is -0.118. The van der Waals surface area contributed by atoms with Crippen molar-refractivity contribution in [3.63, 3.8) is 0 Å². The van der Waals surface area contributed by atoms with Gasteiger partial charge in [0.25, 0.3) is 0 Å². The van der Waals surface area contributed by atoms with E-state index in [4.69, 9.17) is 4.74 Å². The van der Waals surface area contributed by atoms with Gasteiger partial charge in [0.05, 0.1) is 5.75 Å². The standard InChI is InChI=1S/C26H28N2O3S/c1-26(2,3)17-24(29)27-20-11-15-23(16-12-20)32-18-25(30)28-19-9-13-22(14-10-19)31-21-7-5-4-6-8-21/h4-16H,17-18H2,1-3H3,(H,27,29)(H,28,30). The molecule has 0 saturated heterocycles. The molecule has 0 spiro atoms. The van der Waals surface area contributed by atoms with Gasteiger partial charge in [-0.25, -0.2) is 0 Å². The zero-order valence-electron chi connectivity index (χ0n) is 18.6. The minimum Gasteiger partial charge on any atom is -0.457 e. The lowest BCUT2D eigenvalue weighted by atomic mass is 9.92. The van der Waals surface area contributed by atoms with Crippen molar-refractivity contribution < 1.29 is 14.3 Å². The molecule has 0 aliphatic heterocycles. The van der Waals surface area contributed by atoms with Gasteiger partial charge >= 0.3 is 0 Å². The fraction of sp³-hybridized carbons (Fsp3) is 0.231. The summed E-state index contributed by atoms with van der Waals surface area (Å²) in [7, 11) is 0. The highest BCUT2D eigenvalue weighted by Crippen LogP contribution is 2.24. The number of para-hydroxylation sites is 1. The fourth-order valence-electron chi connectivity index (χ4n) is 2.90. The Kier molecular flexibility index (Phi) is 7.95. The number of nitrogens with one attached hydrogen (secondary N) is 2. The van der Waals surface area contributed by atoms with Gasteiger partial charge in [-0.3, -0.25) is 9.59 Å². The van der Waals surface area contributed by atoms with E-state index in [0.29, 0.717) is 17.9 Å². The van der Waals surface area contributed by atoms with Crippen LogP contribution in [-0.4, -0.2) is 17.6 Å². The monoisotopic (exact) mass is 448 g/mol. The van der Waals surface area contributed by atoms with Crippen LogP contribution in [0, 0.1) is 5.41 Å². The maximum atomic E-state index is 12.3. The van der Waals surface area contributed by atoms with Crippen LogP contribution >= 0.6 is 11.8 Å². The highest BCUT2D eigenvalue weighted by Gasteiger charge is 2.15. The van der Waals surface area contributed by atoms with Gasteiger partial charge in [0.15, 0.2) is 0 Å². The summed E-state index contributed by atoms with van der Waals surface area (Å²) in [5, 5.41) is 5.80. The van der Waals surface area contributed by atoms with E-state index < -0.39 is 0 Å². The zero-order chi connectivity index (χ0) is 23.0. The number of hydrogen-bond acceptors (Lipinski definition) is 4. The van der Waals surface area contributed by atoms with Crippen LogP contribution in [-0.2, 0) is 9.59 Å². The minimum absolute atomic E-state index is 0.00234. The van der Waals surface area contributed by atoms with Crippen LogP contribution in [0.25, 0.3) is 0 Å². The molecular weight excluding hydrogens is 420 g/mol. The highest BCUT2D eigenvalue weighted by atomic mass is 32.2. The molecule has 0 saturated carbocycles. The maximum Gasteiger partial charge on any atom is 0.234 e. The molecule has 3 rings (SSSR count). The summed E-state index contributed by atoms with van der Waals surface area (Å²) in [6, 6.07) is 24.3. The third kappa shape index (κ3) is 8.12. The molecule has 2 amide bonds. The predicted octanol–water partition coefficient (Wildman–Crippen LogP) is 6.58. The number of benzene rings is 3. The van der Waals surface area contributed by atoms with E-state index in [1.807, 2.05) is 99.6 Å². The second-order valence-corrected chi connectivity index (χ2v) is 9.64. The van der Waals surface area contributed by atoms with Crippen molar-refractivity contribution in [2.45, 2.75) is 32.1 Å². The smallest absolute Gasteiger partial charge is 0.234 e. The molecule has 32 heavy (non-hydrogen) atoms. The lowest BCUT2D eigenvalue weighted by Crippen LogP contribution is -2.19. The Morgan fingerprint density at radius 2 is 1.28 bits per heavy atom. The first-order valence-corrected chi connectivity index (χ1v) is 11.4. The quantitative estimate of drug-likeness (QED) is 0.382. The van der Waals surface area contributed by atoms with E-state index in [9.17, 15) is 9.59 Å². The van der Waals surface area contributed by atoms with Gasteiger partial charge in [-0.2, -0.15) is 0 Å². The topological polar surface area (TPSA) is 67.4 Å². The Bertz CT molecular complexity index is 1030. The Hall–Kier alpha value is -3.25. The number of carbonyl (C=O) groups excluding carboxylic acids is 2. The molecule has 0 radical (unpaired) electrons. The van der Waals surface area contributed by atoms with E-state index >= 15 is 0 Å². The minimum atomic E-state index is -0.0886. The van der Waals surface area contributed by atoms with Gasteiger partial charge in [-0.05, 0) is 66.1 Å². The molecule has 0 bridgehead atoms. The first-order valence-electron chi connectivity index (χ1n) is 10.4. The van der Waals surface area contributed by atoms with E-state index in [-0.39, 0.29) is 23.0 Å². The number of amides is 2. The Labute approximate surface area is 193 Å². The largest absolute Gasteiger partial charge is 0.457 e. The summed E-state index contributed by atoms with van der Waals surface area (Å²) >= 11 is 1.44. The number of hydrogen-bond donors (Lipinski definition) is 2. The van der Waals surface area contributed by atoms with Crippen molar-refractivity contribution in [2.75, 3.05) is 16.4 Å². The summed E-state index contributed by atoms with van der Waals surface area (Å²) < 4.78 is 5.76. The van der Waals surface area contributed by atoms with Crippen LogP contribution in [0.5, 0.6) is 11.5 Å². The maximum absolute atomic E-state index is 12.3. The zero-order valence-corrected chi connectivity index (χ0v) is 19.4. The van der Waals surface area contributed by atoms with Gasteiger partial charge in [0.2, 0.25) is 11.8 Å².